The molecule has 1 aliphatic heterocycles. The van der Waals surface area contributed by atoms with E-state index in [1.807, 2.05) is 18.2 Å². The SMILES string of the molecule is CN1CCCN(CC(=O)NC(c2ccccn2)C2CC(O)C2)CC1. The second-order valence-electron chi connectivity index (χ2n) is 7.12. The van der Waals surface area contributed by atoms with E-state index >= 15 is 0 Å². The summed E-state index contributed by atoms with van der Waals surface area (Å²) >= 11 is 0. The summed E-state index contributed by atoms with van der Waals surface area (Å²) in [7, 11) is 2.13. The number of carbonyl (C=O) groups is 1. The van der Waals surface area contributed by atoms with E-state index in [0.29, 0.717) is 6.54 Å². The van der Waals surface area contributed by atoms with E-state index in [0.717, 1.165) is 51.1 Å². The molecule has 1 saturated carbocycles. The second-order valence-corrected chi connectivity index (χ2v) is 7.12. The molecule has 1 unspecified atom stereocenters. The summed E-state index contributed by atoms with van der Waals surface area (Å²) < 4.78 is 0. The number of aromatic nitrogens is 1. The third-order valence-corrected chi connectivity index (χ3v) is 5.12. The van der Waals surface area contributed by atoms with Gasteiger partial charge in [0.2, 0.25) is 5.91 Å². The average Bonchev–Trinajstić information content (AvgIpc) is 2.75. The van der Waals surface area contributed by atoms with Crippen LogP contribution in [0, 0.1) is 5.92 Å². The lowest BCUT2D eigenvalue weighted by Gasteiger charge is -2.38. The predicted octanol–water partition coefficient (Wildman–Crippen LogP) is 0.647. The molecule has 0 spiro atoms. The molecular formula is C18H28N4O2. The molecule has 1 atom stereocenters. The van der Waals surface area contributed by atoms with E-state index in [1.165, 1.54) is 0 Å². The van der Waals surface area contributed by atoms with Crippen LogP contribution in [0.2, 0.25) is 0 Å². The maximum atomic E-state index is 12.6. The van der Waals surface area contributed by atoms with E-state index in [4.69, 9.17) is 0 Å². The van der Waals surface area contributed by atoms with Gasteiger partial charge < -0.3 is 15.3 Å². The Morgan fingerprint density at radius 2 is 2.17 bits per heavy atom. The molecule has 1 amide bonds. The monoisotopic (exact) mass is 332 g/mol. The zero-order valence-corrected chi connectivity index (χ0v) is 14.4. The molecule has 0 radical (unpaired) electrons. The first-order valence-corrected chi connectivity index (χ1v) is 8.91. The molecule has 1 aromatic heterocycles. The molecule has 2 N–H and O–H groups in total. The number of carbonyl (C=O) groups excluding carboxylic acids is 1. The van der Waals surface area contributed by atoms with Crippen molar-refractivity contribution in [2.45, 2.75) is 31.4 Å². The zero-order chi connectivity index (χ0) is 16.9. The van der Waals surface area contributed by atoms with Crippen LogP contribution in [-0.2, 0) is 4.79 Å². The smallest absolute Gasteiger partial charge is 0.234 e. The van der Waals surface area contributed by atoms with Crippen LogP contribution in [0.1, 0.15) is 31.0 Å². The zero-order valence-electron chi connectivity index (χ0n) is 14.4. The number of hydrogen-bond donors (Lipinski definition) is 2. The van der Waals surface area contributed by atoms with E-state index in [9.17, 15) is 9.90 Å². The molecule has 2 aliphatic rings. The van der Waals surface area contributed by atoms with Crippen LogP contribution in [0.5, 0.6) is 0 Å². The number of likely N-dealkylation sites (N-methyl/N-ethyl adjacent to an activating group) is 1. The van der Waals surface area contributed by atoms with Crippen LogP contribution in [-0.4, -0.2) is 71.7 Å². The number of aliphatic hydroxyl groups excluding tert-OH is 1. The molecule has 24 heavy (non-hydrogen) atoms. The van der Waals surface area contributed by atoms with E-state index in [2.05, 4.69) is 27.1 Å². The summed E-state index contributed by atoms with van der Waals surface area (Å²) in [5, 5.41) is 12.8. The first kappa shape index (κ1) is 17.3. The molecule has 2 fully saturated rings. The highest BCUT2D eigenvalue weighted by atomic mass is 16.3. The van der Waals surface area contributed by atoms with Gasteiger partial charge in [-0.25, -0.2) is 0 Å². The first-order valence-electron chi connectivity index (χ1n) is 8.91. The van der Waals surface area contributed by atoms with Crippen LogP contribution in [0.4, 0.5) is 0 Å². The molecule has 1 saturated heterocycles. The molecule has 6 nitrogen and oxygen atoms in total. The minimum atomic E-state index is -0.237. The first-order chi connectivity index (χ1) is 11.6. The Morgan fingerprint density at radius 1 is 1.33 bits per heavy atom. The fourth-order valence-electron chi connectivity index (χ4n) is 3.58. The standard InChI is InChI=1S/C18H28N4O2/c1-21-7-4-8-22(10-9-21)13-17(24)20-18(14-11-15(23)12-14)16-5-2-3-6-19-16/h2-3,5-6,14-15,18,23H,4,7-13H2,1H3,(H,20,24). The van der Waals surface area contributed by atoms with Crippen LogP contribution in [0.3, 0.4) is 0 Å². The van der Waals surface area contributed by atoms with Crippen molar-refractivity contribution in [3.05, 3.63) is 30.1 Å². The molecule has 1 aliphatic carbocycles. The second kappa shape index (κ2) is 8.05. The van der Waals surface area contributed by atoms with Gasteiger partial charge in [-0.1, -0.05) is 6.07 Å². The van der Waals surface area contributed by atoms with Gasteiger partial charge in [0.1, 0.15) is 0 Å². The summed E-state index contributed by atoms with van der Waals surface area (Å²) in [4.78, 5) is 21.5. The van der Waals surface area contributed by atoms with Gasteiger partial charge in [-0.05, 0) is 57.5 Å². The minimum absolute atomic E-state index is 0.0524. The number of nitrogens with zero attached hydrogens (tertiary/aromatic N) is 3. The Hall–Kier alpha value is -1.50. The fourth-order valence-corrected chi connectivity index (χ4v) is 3.58. The third kappa shape index (κ3) is 4.53. The molecule has 0 aromatic carbocycles. The van der Waals surface area contributed by atoms with Crippen molar-refractivity contribution in [2.24, 2.45) is 5.92 Å². The van der Waals surface area contributed by atoms with Gasteiger partial charge in [0.15, 0.2) is 0 Å². The number of aliphatic hydroxyl groups is 1. The van der Waals surface area contributed by atoms with Crippen molar-refractivity contribution in [1.82, 2.24) is 20.1 Å². The van der Waals surface area contributed by atoms with Crippen molar-refractivity contribution in [1.29, 1.82) is 0 Å². The van der Waals surface area contributed by atoms with E-state index in [1.54, 1.807) is 6.20 Å². The van der Waals surface area contributed by atoms with Crippen molar-refractivity contribution >= 4 is 5.91 Å². The maximum absolute atomic E-state index is 12.6. The molecule has 132 valence electrons. The lowest BCUT2D eigenvalue weighted by molar-refractivity contribution is -0.124. The quantitative estimate of drug-likeness (QED) is 0.828. The lowest BCUT2D eigenvalue weighted by Crippen LogP contribution is -2.45. The number of pyridine rings is 1. The largest absolute Gasteiger partial charge is 0.393 e. The Balaban J connectivity index is 1.59. The minimum Gasteiger partial charge on any atom is -0.393 e. The highest BCUT2D eigenvalue weighted by Crippen LogP contribution is 2.37. The van der Waals surface area contributed by atoms with Gasteiger partial charge in [-0.3, -0.25) is 14.7 Å². The molecule has 2 heterocycles. The Labute approximate surface area is 143 Å². The van der Waals surface area contributed by atoms with Gasteiger partial charge >= 0.3 is 0 Å². The van der Waals surface area contributed by atoms with E-state index in [-0.39, 0.29) is 24.0 Å². The highest BCUT2D eigenvalue weighted by molar-refractivity contribution is 5.78. The van der Waals surface area contributed by atoms with Crippen LogP contribution < -0.4 is 5.32 Å². The van der Waals surface area contributed by atoms with Crippen molar-refractivity contribution in [3.63, 3.8) is 0 Å². The Kier molecular flexibility index (Phi) is 5.81. The Morgan fingerprint density at radius 3 is 2.88 bits per heavy atom. The van der Waals surface area contributed by atoms with Crippen molar-refractivity contribution in [3.8, 4) is 0 Å². The number of amides is 1. The summed E-state index contributed by atoms with van der Waals surface area (Å²) in [5.41, 5.74) is 0.887. The number of nitrogens with one attached hydrogen (secondary N) is 1. The number of rotatable bonds is 5. The number of hydrogen-bond acceptors (Lipinski definition) is 5. The summed E-state index contributed by atoms with van der Waals surface area (Å²) in [6, 6.07) is 5.68. The normalized spacial score (nSPS) is 27.1. The average molecular weight is 332 g/mol. The van der Waals surface area contributed by atoms with Gasteiger partial charge in [-0.2, -0.15) is 0 Å². The van der Waals surface area contributed by atoms with Gasteiger partial charge in [0.25, 0.3) is 0 Å². The molecule has 0 bridgehead atoms. The van der Waals surface area contributed by atoms with Crippen molar-refractivity contribution in [2.75, 3.05) is 39.8 Å². The Bertz CT molecular complexity index is 533. The molecular weight excluding hydrogens is 304 g/mol. The third-order valence-electron chi connectivity index (χ3n) is 5.12. The molecule has 1 aromatic rings. The van der Waals surface area contributed by atoms with Crippen LogP contribution in [0.25, 0.3) is 0 Å². The van der Waals surface area contributed by atoms with E-state index < -0.39 is 0 Å². The van der Waals surface area contributed by atoms with Gasteiger partial charge in [-0.15, -0.1) is 0 Å². The van der Waals surface area contributed by atoms with Crippen LogP contribution >= 0.6 is 0 Å². The summed E-state index contributed by atoms with van der Waals surface area (Å²) in [6.07, 6.45) is 4.09. The lowest BCUT2D eigenvalue weighted by atomic mass is 9.76. The van der Waals surface area contributed by atoms with Gasteiger partial charge in [0.05, 0.1) is 24.4 Å². The van der Waals surface area contributed by atoms with Crippen molar-refractivity contribution < 1.29 is 9.90 Å². The highest BCUT2D eigenvalue weighted by Gasteiger charge is 2.36. The molecule has 3 rings (SSSR count). The summed E-state index contributed by atoms with van der Waals surface area (Å²) in [6.45, 7) is 4.43. The molecule has 6 heteroatoms. The fraction of sp³-hybridized carbons (Fsp3) is 0.667. The predicted molar refractivity (Wildman–Crippen MR) is 92.4 cm³/mol. The topological polar surface area (TPSA) is 68.7 Å². The van der Waals surface area contributed by atoms with Gasteiger partial charge in [0, 0.05) is 19.3 Å². The summed E-state index contributed by atoms with van der Waals surface area (Å²) in [5.74, 6) is 0.325. The maximum Gasteiger partial charge on any atom is 0.234 e. The van der Waals surface area contributed by atoms with Crippen LogP contribution in [0.15, 0.2) is 24.4 Å².